The Morgan fingerprint density at radius 2 is 1.79 bits per heavy atom. The highest BCUT2D eigenvalue weighted by molar-refractivity contribution is 5.91. The molecule has 0 bridgehead atoms. The van der Waals surface area contributed by atoms with E-state index in [1.54, 1.807) is 6.08 Å². The van der Waals surface area contributed by atoms with Crippen molar-refractivity contribution in [2.45, 2.75) is 13.8 Å². The van der Waals surface area contributed by atoms with Crippen LogP contribution in [0.5, 0.6) is 0 Å². The molecule has 0 radical (unpaired) electrons. The van der Waals surface area contributed by atoms with Gasteiger partial charge in [0.25, 0.3) is 0 Å². The molecule has 0 atom stereocenters. The topological polar surface area (TPSA) is 78.9 Å². The highest BCUT2D eigenvalue weighted by Crippen LogP contribution is 2.10. The van der Waals surface area contributed by atoms with Crippen LogP contribution in [0.25, 0.3) is 6.08 Å². The number of nitrogens with one attached hydrogen (secondary N) is 3. The van der Waals surface area contributed by atoms with Gasteiger partial charge in [0.1, 0.15) is 17.5 Å². The van der Waals surface area contributed by atoms with Crippen LogP contribution in [0.1, 0.15) is 18.3 Å². The van der Waals surface area contributed by atoms with Gasteiger partial charge >= 0.3 is 0 Å². The summed E-state index contributed by atoms with van der Waals surface area (Å²) < 4.78 is 0. The van der Waals surface area contributed by atoms with Crippen LogP contribution in [0.3, 0.4) is 0 Å². The van der Waals surface area contributed by atoms with Crippen molar-refractivity contribution in [2.24, 2.45) is 0 Å². The summed E-state index contributed by atoms with van der Waals surface area (Å²) in [5, 5.41) is 9.17. The second-order valence-electron chi connectivity index (χ2n) is 5.18. The highest BCUT2D eigenvalue weighted by atomic mass is 16.1. The molecule has 2 aromatic rings. The molecule has 3 N–H and O–H groups in total. The molecule has 1 aromatic carbocycles. The van der Waals surface area contributed by atoms with Crippen LogP contribution in [0.2, 0.25) is 0 Å². The van der Waals surface area contributed by atoms with Gasteiger partial charge in [-0.3, -0.25) is 4.79 Å². The molecule has 1 heterocycles. The van der Waals surface area contributed by atoms with Gasteiger partial charge in [0.15, 0.2) is 0 Å². The number of anilines is 2. The number of benzene rings is 1. The Bertz CT molecular complexity index is 685. The maximum Gasteiger partial charge on any atom is 0.244 e. The van der Waals surface area contributed by atoms with Crippen LogP contribution in [-0.4, -0.2) is 35.5 Å². The minimum Gasteiger partial charge on any atom is -0.370 e. The van der Waals surface area contributed by atoms with Gasteiger partial charge in [-0.2, -0.15) is 0 Å². The molecule has 6 nitrogen and oxygen atoms in total. The summed E-state index contributed by atoms with van der Waals surface area (Å²) >= 11 is 0. The SMILES string of the molecule is CCNc1cc(NCCNC(=O)/C=C/c2ccccc2)nc(C)n1. The van der Waals surface area contributed by atoms with Crippen LogP contribution in [0.15, 0.2) is 42.5 Å². The smallest absolute Gasteiger partial charge is 0.244 e. The standard InChI is InChI=1S/C18H23N5O/c1-3-19-16-13-17(23-14(2)22-16)20-11-12-21-18(24)10-9-15-7-5-4-6-8-15/h4-10,13H,3,11-12H2,1-2H3,(H,21,24)(H2,19,20,22,23)/b10-9+. The van der Waals surface area contributed by atoms with E-state index in [0.29, 0.717) is 18.9 Å². The van der Waals surface area contributed by atoms with Crippen LogP contribution in [0, 0.1) is 6.92 Å². The number of nitrogens with zero attached hydrogens (tertiary/aromatic N) is 2. The zero-order valence-corrected chi connectivity index (χ0v) is 14.0. The number of carbonyl (C=O) groups is 1. The fourth-order valence-electron chi connectivity index (χ4n) is 2.10. The van der Waals surface area contributed by atoms with Crippen LogP contribution < -0.4 is 16.0 Å². The summed E-state index contributed by atoms with van der Waals surface area (Å²) in [5.74, 6) is 2.12. The van der Waals surface area contributed by atoms with Gasteiger partial charge in [0, 0.05) is 31.8 Å². The average molecular weight is 325 g/mol. The predicted octanol–water partition coefficient (Wildman–Crippen LogP) is 2.46. The molecule has 6 heteroatoms. The van der Waals surface area contributed by atoms with Gasteiger partial charge in [-0.25, -0.2) is 9.97 Å². The van der Waals surface area contributed by atoms with Gasteiger partial charge < -0.3 is 16.0 Å². The summed E-state index contributed by atoms with van der Waals surface area (Å²) in [4.78, 5) is 20.4. The molecule has 0 aliphatic carbocycles. The molecule has 126 valence electrons. The third-order valence-electron chi connectivity index (χ3n) is 3.15. The minimum atomic E-state index is -0.118. The quantitative estimate of drug-likeness (QED) is 0.513. The third-order valence-corrected chi connectivity index (χ3v) is 3.15. The Balaban J connectivity index is 1.74. The van der Waals surface area contributed by atoms with Crippen molar-refractivity contribution >= 4 is 23.6 Å². The first-order valence-electron chi connectivity index (χ1n) is 8.02. The lowest BCUT2D eigenvalue weighted by atomic mass is 10.2. The van der Waals surface area contributed by atoms with Gasteiger partial charge in [0.05, 0.1) is 0 Å². The number of amides is 1. The van der Waals surface area contributed by atoms with E-state index in [-0.39, 0.29) is 5.91 Å². The van der Waals surface area contributed by atoms with E-state index in [1.807, 2.05) is 50.2 Å². The molecule has 0 aliphatic rings. The summed E-state index contributed by atoms with van der Waals surface area (Å²) in [6.45, 7) is 5.77. The van der Waals surface area contributed by atoms with E-state index >= 15 is 0 Å². The fraction of sp³-hybridized carbons (Fsp3) is 0.278. The molecular formula is C18H23N5O. The van der Waals surface area contributed by atoms with Crippen molar-refractivity contribution in [1.82, 2.24) is 15.3 Å². The maximum atomic E-state index is 11.8. The Morgan fingerprint density at radius 1 is 1.08 bits per heavy atom. The van der Waals surface area contributed by atoms with Crippen LogP contribution in [0.4, 0.5) is 11.6 Å². The van der Waals surface area contributed by atoms with Gasteiger partial charge in [-0.15, -0.1) is 0 Å². The zero-order chi connectivity index (χ0) is 17.2. The lowest BCUT2D eigenvalue weighted by molar-refractivity contribution is -0.116. The molecule has 24 heavy (non-hydrogen) atoms. The van der Waals surface area contributed by atoms with E-state index in [0.717, 1.165) is 23.7 Å². The molecule has 2 rings (SSSR count). The molecule has 0 saturated heterocycles. The van der Waals surface area contributed by atoms with E-state index in [2.05, 4.69) is 25.9 Å². The van der Waals surface area contributed by atoms with Crippen LogP contribution in [-0.2, 0) is 4.79 Å². The number of carbonyl (C=O) groups excluding carboxylic acids is 1. The molecule has 1 aromatic heterocycles. The second-order valence-corrected chi connectivity index (χ2v) is 5.18. The van der Waals surface area contributed by atoms with Crippen molar-refractivity contribution in [3.63, 3.8) is 0 Å². The third kappa shape index (κ3) is 6.08. The largest absolute Gasteiger partial charge is 0.370 e. The second kappa shape index (κ2) is 9.29. The average Bonchev–Trinajstić information content (AvgIpc) is 2.58. The Labute approximate surface area is 142 Å². The predicted molar refractivity (Wildman–Crippen MR) is 97.9 cm³/mol. The van der Waals surface area contributed by atoms with Crippen molar-refractivity contribution in [1.29, 1.82) is 0 Å². The normalized spacial score (nSPS) is 10.6. The van der Waals surface area contributed by atoms with Gasteiger partial charge in [-0.05, 0) is 25.5 Å². The number of aromatic nitrogens is 2. The molecular weight excluding hydrogens is 302 g/mol. The fourth-order valence-corrected chi connectivity index (χ4v) is 2.10. The Kier molecular flexibility index (Phi) is 6.76. The Morgan fingerprint density at radius 3 is 2.50 bits per heavy atom. The molecule has 0 spiro atoms. The first-order valence-corrected chi connectivity index (χ1v) is 8.02. The summed E-state index contributed by atoms with van der Waals surface area (Å²) in [5.41, 5.74) is 0.998. The first-order chi connectivity index (χ1) is 11.7. The molecule has 1 amide bonds. The van der Waals surface area contributed by atoms with E-state index < -0.39 is 0 Å². The molecule has 0 unspecified atom stereocenters. The lowest BCUT2D eigenvalue weighted by Gasteiger charge is -2.09. The van der Waals surface area contributed by atoms with E-state index in [1.165, 1.54) is 6.08 Å². The van der Waals surface area contributed by atoms with E-state index in [9.17, 15) is 4.79 Å². The summed E-state index contributed by atoms with van der Waals surface area (Å²) in [7, 11) is 0. The maximum absolute atomic E-state index is 11.8. The Hall–Kier alpha value is -2.89. The van der Waals surface area contributed by atoms with Crippen molar-refractivity contribution in [3.8, 4) is 0 Å². The van der Waals surface area contributed by atoms with E-state index in [4.69, 9.17) is 0 Å². The van der Waals surface area contributed by atoms with Crippen molar-refractivity contribution in [2.75, 3.05) is 30.3 Å². The number of rotatable bonds is 8. The first kappa shape index (κ1) is 17.5. The number of aryl methyl sites for hydroxylation is 1. The highest BCUT2D eigenvalue weighted by Gasteiger charge is 2.01. The number of hydrogen-bond donors (Lipinski definition) is 3. The number of hydrogen-bond acceptors (Lipinski definition) is 5. The molecule has 0 aliphatic heterocycles. The van der Waals surface area contributed by atoms with Crippen molar-refractivity contribution < 1.29 is 4.79 Å². The monoisotopic (exact) mass is 325 g/mol. The van der Waals surface area contributed by atoms with Gasteiger partial charge in [0.2, 0.25) is 5.91 Å². The summed E-state index contributed by atoms with van der Waals surface area (Å²) in [6, 6.07) is 11.6. The van der Waals surface area contributed by atoms with Crippen molar-refractivity contribution in [3.05, 3.63) is 53.9 Å². The zero-order valence-electron chi connectivity index (χ0n) is 14.0. The summed E-state index contributed by atoms with van der Waals surface area (Å²) in [6.07, 6.45) is 3.33. The molecule has 0 saturated carbocycles. The molecule has 0 fully saturated rings. The minimum absolute atomic E-state index is 0.118. The van der Waals surface area contributed by atoms with Gasteiger partial charge in [-0.1, -0.05) is 30.3 Å². The lowest BCUT2D eigenvalue weighted by Crippen LogP contribution is -2.27. The van der Waals surface area contributed by atoms with Crippen LogP contribution >= 0.6 is 0 Å².